The smallest absolute Gasteiger partial charge is 0.138 e. The van der Waals surface area contributed by atoms with Crippen molar-refractivity contribution in [3.8, 4) is 16.9 Å². The number of nitrogens with two attached hydrogens (primary N) is 1. The number of halogens is 1. The van der Waals surface area contributed by atoms with Crippen molar-refractivity contribution in [3.05, 3.63) is 48.5 Å². The van der Waals surface area contributed by atoms with Gasteiger partial charge in [-0.1, -0.05) is 12.1 Å². The normalized spacial score (nSPS) is 15.9. The van der Waals surface area contributed by atoms with E-state index in [2.05, 4.69) is 4.98 Å². The van der Waals surface area contributed by atoms with E-state index in [1.54, 1.807) is 18.5 Å². The average Bonchev–Trinajstić information content (AvgIpc) is 3.26. The van der Waals surface area contributed by atoms with E-state index in [4.69, 9.17) is 10.5 Å². The number of aromatic nitrogens is 1. The fraction of sp³-hybridized carbons (Fsp3) is 0.312. The van der Waals surface area contributed by atoms with Gasteiger partial charge in [0.2, 0.25) is 0 Å². The maximum Gasteiger partial charge on any atom is 0.138 e. The van der Waals surface area contributed by atoms with Crippen LogP contribution in [0.4, 0.5) is 4.39 Å². The molecule has 104 valence electrons. The highest BCUT2D eigenvalue weighted by molar-refractivity contribution is 5.63. The molecular weight excluding hydrogens is 255 g/mol. The molecule has 0 aliphatic heterocycles. The second-order valence-corrected chi connectivity index (χ2v) is 5.41. The molecule has 0 spiro atoms. The minimum Gasteiger partial charge on any atom is -0.491 e. The van der Waals surface area contributed by atoms with Crippen LogP contribution in [0, 0.1) is 11.2 Å². The summed E-state index contributed by atoms with van der Waals surface area (Å²) in [5.74, 6) is 0.445. The molecule has 0 atom stereocenters. The number of rotatable bonds is 5. The van der Waals surface area contributed by atoms with Gasteiger partial charge in [0.25, 0.3) is 0 Å². The number of nitrogens with zero attached hydrogens (tertiary/aromatic N) is 1. The van der Waals surface area contributed by atoms with Crippen LogP contribution in [0.3, 0.4) is 0 Å². The lowest BCUT2D eigenvalue weighted by Crippen LogP contribution is -2.22. The molecule has 0 unspecified atom stereocenters. The Bertz CT molecular complexity index is 611. The Balaban J connectivity index is 1.76. The molecule has 4 heteroatoms. The standard InChI is InChI=1S/C16H17FN2O/c17-14-3-1-2-12(6-14)13-7-15(9-19-8-13)20-11-16(10-18)4-5-16/h1-3,6-9H,4-5,10-11,18H2. The molecule has 20 heavy (non-hydrogen) atoms. The molecule has 2 aromatic rings. The van der Waals surface area contributed by atoms with E-state index >= 15 is 0 Å². The quantitative estimate of drug-likeness (QED) is 0.910. The largest absolute Gasteiger partial charge is 0.491 e. The molecule has 1 aliphatic carbocycles. The van der Waals surface area contributed by atoms with Crippen molar-refractivity contribution in [3.63, 3.8) is 0 Å². The predicted octanol–water partition coefficient (Wildman–Crippen LogP) is 3.01. The summed E-state index contributed by atoms with van der Waals surface area (Å²) in [6.07, 6.45) is 5.63. The fourth-order valence-electron chi connectivity index (χ4n) is 2.14. The van der Waals surface area contributed by atoms with Crippen LogP contribution in [-0.4, -0.2) is 18.1 Å². The van der Waals surface area contributed by atoms with Gasteiger partial charge < -0.3 is 10.5 Å². The van der Waals surface area contributed by atoms with Gasteiger partial charge in [-0.25, -0.2) is 4.39 Å². The van der Waals surface area contributed by atoms with Crippen LogP contribution in [0.15, 0.2) is 42.7 Å². The van der Waals surface area contributed by atoms with Crippen molar-refractivity contribution in [2.45, 2.75) is 12.8 Å². The lowest BCUT2D eigenvalue weighted by molar-refractivity contribution is 0.238. The van der Waals surface area contributed by atoms with Crippen molar-refractivity contribution < 1.29 is 9.13 Å². The molecule has 3 nitrogen and oxygen atoms in total. The first-order valence-corrected chi connectivity index (χ1v) is 6.75. The molecule has 0 amide bonds. The summed E-state index contributed by atoms with van der Waals surface area (Å²) >= 11 is 0. The molecule has 1 aromatic carbocycles. The van der Waals surface area contributed by atoms with E-state index in [0.29, 0.717) is 18.9 Å². The molecule has 0 radical (unpaired) electrons. The molecule has 0 bridgehead atoms. The third-order valence-electron chi connectivity index (χ3n) is 3.81. The molecule has 1 aromatic heterocycles. The first-order valence-electron chi connectivity index (χ1n) is 6.75. The zero-order chi connectivity index (χ0) is 14.0. The molecule has 3 rings (SSSR count). The lowest BCUT2D eigenvalue weighted by atomic mass is 10.1. The molecule has 1 heterocycles. The van der Waals surface area contributed by atoms with Gasteiger partial charge in [0, 0.05) is 23.7 Å². The molecule has 2 N–H and O–H groups in total. The minimum atomic E-state index is -0.256. The van der Waals surface area contributed by atoms with Crippen molar-refractivity contribution in [2.24, 2.45) is 11.1 Å². The molecule has 1 saturated carbocycles. The third kappa shape index (κ3) is 2.80. The molecular formula is C16H17FN2O. The fourth-order valence-corrected chi connectivity index (χ4v) is 2.14. The summed E-state index contributed by atoms with van der Waals surface area (Å²) in [4.78, 5) is 4.16. The summed E-state index contributed by atoms with van der Waals surface area (Å²) in [7, 11) is 0. The SMILES string of the molecule is NCC1(COc2cncc(-c3cccc(F)c3)c2)CC1. The first-order chi connectivity index (χ1) is 9.71. The second-order valence-electron chi connectivity index (χ2n) is 5.41. The van der Waals surface area contributed by atoms with E-state index in [9.17, 15) is 4.39 Å². The summed E-state index contributed by atoms with van der Waals surface area (Å²) < 4.78 is 19.0. The highest BCUT2D eigenvalue weighted by Gasteiger charge is 2.42. The molecule has 1 aliphatic rings. The van der Waals surface area contributed by atoms with Crippen LogP contribution in [0.5, 0.6) is 5.75 Å². The van der Waals surface area contributed by atoms with E-state index in [0.717, 1.165) is 24.0 Å². The highest BCUT2D eigenvalue weighted by atomic mass is 19.1. The van der Waals surface area contributed by atoms with Crippen molar-refractivity contribution in [1.29, 1.82) is 0 Å². The summed E-state index contributed by atoms with van der Waals surface area (Å²) in [5.41, 5.74) is 7.54. The van der Waals surface area contributed by atoms with Crippen molar-refractivity contribution in [1.82, 2.24) is 4.98 Å². The van der Waals surface area contributed by atoms with Crippen molar-refractivity contribution in [2.75, 3.05) is 13.2 Å². The monoisotopic (exact) mass is 272 g/mol. The van der Waals surface area contributed by atoms with Crippen LogP contribution in [0.2, 0.25) is 0 Å². The van der Waals surface area contributed by atoms with Crippen LogP contribution >= 0.6 is 0 Å². The van der Waals surface area contributed by atoms with Crippen LogP contribution in [0.25, 0.3) is 11.1 Å². The number of ether oxygens (including phenoxy) is 1. The van der Waals surface area contributed by atoms with Crippen LogP contribution in [-0.2, 0) is 0 Å². The van der Waals surface area contributed by atoms with Gasteiger partial charge in [-0.3, -0.25) is 4.98 Å². The van der Waals surface area contributed by atoms with Gasteiger partial charge in [0.1, 0.15) is 11.6 Å². The third-order valence-corrected chi connectivity index (χ3v) is 3.81. The van der Waals surface area contributed by atoms with Crippen molar-refractivity contribution >= 4 is 0 Å². The Morgan fingerprint density at radius 1 is 1.20 bits per heavy atom. The number of benzene rings is 1. The maximum atomic E-state index is 13.2. The summed E-state index contributed by atoms with van der Waals surface area (Å²) in [6, 6.07) is 8.34. The average molecular weight is 272 g/mol. The minimum absolute atomic E-state index is 0.162. The molecule has 0 saturated heterocycles. The Hall–Kier alpha value is -1.94. The van der Waals surface area contributed by atoms with Gasteiger partial charge in [0.05, 0.1) is 12.8 Å². The number of hydrogen-bond donors (Lipinski definition) is 1. The van der Waals surface area contributed by atoms with Gasteiger partial charge in [-0.15, -0.1) is 0 Å². The van der Waals surface area contributed by atoms with Gasteiger partial charge in [-0.05, 0) is 36.6 Å². The van der Waals surface area contributed by atoms with E-state index in [1.165, 1.54) is 12.1 Å². The highest BCUT2D eigenvalue weighted by Crippen LogP contribution is 2.44. The lowest BCUT2D eigenvalue weighted by Gasteiger charge is -2.14. The first kappa shape index (κ1) is 13.1. The number of hydrogen-bond acceptors (Lipinski definition) is 3. The van der Waals surface area contributed by atoms with E-state index < -0.39 is 0 Å². The second kappa shape index (κ2) is 5.21. The van der Waals surface area contributed by atoms with Crippen LogP contribution < -0.4 is 10.5 Å². The van der Waals surface area contributed by atoms with E-state index in [1.807, 2.05) is 12.1 Å². The zero-order valence-corrected chi connectivity index (χ0v) is 11.2. The maximum absolute atomic E-state index is 13.2. The summed E-state index contributed by atoms with van der Waals surface area (Å²) in [6.45, 7) is 1.28. The van der Waals surface area contributed by atoms with Gasteiger partial charge in [-0.2, -0.15) is 0 Å². The number of pyridine rings is 1. The van der Waals surface area contributed by atoms with Crippen LogP contribution in [0.1, 0.15) is 12.8 Å². The Morgan fingerprint density at radius 2 is 2.05 bits per heavy atom. The van der Waals surface area contributed by atoms with Gasteiger partial charge in [0.15, 0.2) is 0 Å². The van der Waals surface area contributed by atoms with Gasteiger partial charge >= 0.3 is 0 Å². The topological polar surface area (TPSA) is 48.1 Å². The van der Waals surface area contributed by atoms with E-state index in [-0.39, 0.29) is 11.2 Å². The predicted molar refractivity (Wildman–Crippen MR) is 75.8 cm³/mol. The Labute approximate surface area is 117 Å². The molecule has 1 fully saturated rings. The summed E-state index contributed by atoms with van der Waals surface area (Å²) in [5, 5.41) is 0. The Morgan fingerprint density at radius 3 is 2.75 bits per heavy atom. The Kier molecular flexibility index (Phi) is 3.40. The zero-order valence-electron chi connectivity index (χ0n) is 11.2.